The summed E-state index contributed by atoms with van der Waals surface area (Å²) >= 11 is 0. The van der Waals surface area contributed by atoms with E-state index in [1.165, 1.54) is 0 Å². The summed E-state index contributed by atoms with van der Waals surface area (Å²) in [5.41, 5.74) is 5.49. The van der Waals surface area contributed by atoms with Crippen LogP contribution in [0.1, 0.15) is 6.42 Å². The van der Waals surface area contributed by atoms with Crippen LogP contribution in [0.3, 0.4) is 0 Å². The molecule has 0 spiro atoms. The third-order valence-corrected chi connectivity index (χ3v) is 4.74. The van der Waals surface area contributed by atoms with Gasteiger partial charge in [0.1, 0.15) is 0 Å². The lowest BCUT2D eigenvalue weighted by Gasteiger charge is -2.07. The van der Waals surface area contributed by atoms with Gasteiger partial charge in [0.25, 0.3) is 0 Å². The van der Waals surface area contributed by atoms with Crippen molar-refractivity contribution >= 4 is 9.84 Å². The van der Waals surface area contributed by atoms with Crippen LogP contribution in [0.2, 0.25) is 0 Å². The van der Waals surface area contributed by atoms with E-state index in [-0.39, 0.29) is 0 Å². The Kier molecular flexibility index (Phi) is 1.51. The average Bonchev–Trinajstić information content (AvgIpc) is 2.58. The van der Waals surface area contributed by atoms with Crippen molar-refractivity contribution in [3.8, 4) is 0 Å². The first kappa shape index (κ1) is 7.55. The normalized spacial score (nSPS) is 46.5. The third-order valence-electron chi connectivity index (χ3n) is 2.99. The van der Waals surface area contributed by atoms with Gasteiger partial charge >= 0.3 is 0 Å². The summed E-state index contributed by atoms with van der Waals surface area (Å²) < 4.78 is 22.2. The first-order chi connectivity index (χ1) is 5.14. The van der Waals surface area contributed by atoms with Crippen LogP contribution >= 0.6 is 0 Å². The molecule has 64 valence electrons. The molecular formula is C7H13NO2S. The van der Waals surface area contributed by atoms with Crippen molar-refractivity contribution in [2.24, 2.45) is 23.5 Å². The van der Waals surface area contributed by atoms with E-state index in [4.69, 9.17) is 5.73 Å². The predicted octanol–water partition coefficient (Wildman–Crippen LogP) is -0.374. The maximum Gasteiger partial charge on any atom is 0.150 e. The maximum absolute atomic E-state index is 11.1. The van der Waals surface area contributed by atoms with Crippen LogP contribution < -0.4 is 5.73 Å². The topological polar surface area (TPSA) is 60.2 Å². The van der Waals surface area contributed by atoms with Gasteiger partial charge < -0.3 is 5.73 Å². The summed E-state index contributed by atoms with van der Waals surface area (Å²) in [6.45, 7) is 0.671. The fourth-order valence-electron chi connectivity index (χ4n) is 2.24. The van der Waals surface area contributed by atoms with Crippen LogP contribution in [0.4, 0.5) is 0 Å². The summed E-state index contributed by atoms with van der Waals surface area (Å²) in [6, 6.07) is 0. The Morgan fingerprint density at radius 1 is 1.36 bits per heavy atom. The van der Waals surface area contributed by atoms with E-state index in [9.17, 15) is 8.42 Å². The van der Waals surface area contributed by atoms with E-state index in [2.05, 4.69) is 0 Å². The zero-order valence-electron chi connectivity index (χ0n) is 6.36. The van der Waals surface area contributed by atoms with E-state index >= 15 is 0 Å². The standard InChI is InChI=1S/C7H13NO2S/c8-3-6-5-1-2-11(9,10)4-7(5)6/h5-7H,1-4,8H2. The fraction of sp³-hybridized carbons (Fsp3) is 1.00. The molecule has 1 saturated carbocycles. The quantitative estimate of drug-likeness (QED) is 0.591. The third kappa shape index (κ3) is 1.18. The molecule has 0 bridgehead atoms. The minimum atomic E-state index is -2.69. The molecule has 1 saturated heterocycles. The zero-order chi connectivity index (χ0) is 8.06. The molecule has 3 atom stereocenters. The lowest BCUT2D eigenvalue weighted by molar-refractivity contribution is 0.568. The molecule has 4 heteroatoms. The Morgan fingerprint density at radius 3 is 2.64 bits per heavy atom. The van der Waals surface area contributed by atoms with E-state index in [1.807, 2.05) is 0 Å². The molecule has 0 aromatic rings. The van der Waals surface area contributed by atoms with Crippen molar-refractivity contribution in [2.75, 3.05) is 18.1 Å². The Morgan fingerprint density at radius 2 is 2.09 bits per heavy atom. The molecule has 0 amide bonds. The number of fused-ring (bicyclic) bond motifs is 1. The maximum atomic E-state index is 11.1. The molecule has 2 aliphatic rings. The largest absolute Gasteiger partial charge is 0.330 e. The minimum Gasteiger partial charge on any atom is -0.330 e. The van der Waals surface area contributed by atoms with Crippen LogP contribution in [-0.4, -0.2) is 26.5 Å². The molecule has 3 unspecified atom stereocenters. The molecule has 11 heavy (non-hydrogen) atoms. The van der Waals surface area contributed by atoms with E-state index in [0.29, 0.717) is 35.8 Å². The van der Waals surface area contributed by atoms with E-state index in [1.54, 1.807) is 0 Å². The van der Waals surface area contributed by atoms with Gasteiger partial charge in [-0.05, 0) is 30.7 Å². The van der Waals surface area contributed by atoms with E-state index < -0.39 is 9.84 Å². The summed E-state index contributed by atoms with van der Waals surface area (Å²) in [7, 11) is -2.69. The second kappa shape index (κ2) is 2.20. The minimum absolute atomic E-state index is 0.394. The second-order valence-electron chi connectivity index (χ2n) is 3.63. The van der Waals surface area contributed by atoms with Gasteiger partial charge in [-0.2, -0.15) is 0 Å². The second-order valence-corrected chi connectivity index (χ2v) is 5.86. The van der Waals surface area contributed by atoms with Crippen LogP contribution in [0.5, 0.6) is 0 Å². The monoisotopic (exact) mass is 175 g/mol. The van der Waals surface area contributed by atoms with Gasteiger partial charge in [-0.25, -0.2) is 8.42 Å². The molecule has 2 N–H and O–H groups in total. The van der Waals surface area contributed by atoms with Gasteiger partial charge in [0, 0.05) is 0 Å². The van der Waals surface area contributed by atoms with Crippen LogP contribution in [0.15, 0.2) is 0 Å². The van der Waals surface area contributed by atoms with Crippen molar-refractivity contribution in [1.82, 2.24) is 0 Å². The van der Waals surface area contributed by atoms with Gasteiger partial charge in [-0.15, -0.1) is 0 Å². The number of hydrogen-bond donors (Lipinski definition) is 1. The van der Waals surface area contributed by atoms with Gasteiger partial charge in [0.2, 0.25) is 0 Å². The molecule has 1 aliphatic carbocycles. The number of sulfone groups is 1. The predicted molar refractivity (Wildman–Crippen MR) is 42.8 cm³/mol. The van der Waals surface area contributed by atoms with Crippen LogP contribution in [-0.2, 0) is 9.84 Å². The average molecular weight is 175 g/mol. The molecule has 2 fully saturated rings. The van der Waals surface area contributed by atoms with Crippen LogP contribution in [0, 0.1) is 17.8 Å². The Hall–Kier alpha value is -0.0900. The molecule has 0 radical (unpaired) electrons. The number of nitrogens with two attached hydrogens (primary N) is 1. The number of rotatable bonds is 1. The van der Waals surface area contributed by atoms with Gasteiger partial charge in [0.05, 0.1) is 11.5 Å². The first-order valence-corrected chi connectivity index (χ1v) is 5.87. The van der Waals surface area contributed by atoms with Crippen molar-refractivity contribution in [2.45, 2.75) is 6.42 Å². The van der Waals surface area contributed by atoms with Gasteiger partial charge in [-0.1, -0.05) is 0 Å². The molecule has 0 aromatic carbocycles. The Labute approximate surface area is 66.9 Å². The summed E-state index contributed by atoms with van der Waals surface area (Å²) in [4.78, 5) is 0. The molecular weight excluding hydrogens is 162 g/mol. The highest BCUT2D eigenvalue weighted by atomic mass is 32.2. The Balaban J connectivity index is 2.08. The molecule has 2 rings (SSSR count). The first-order valence-electron chi connectivity index (χ1n) is 4.04. The van der Waals surface area contributed by atoms with Crippen LogP contribution in [0.25, 0.3) is 0 Å². The molecule has 0 aromatic heterocycles. The zero-order valence-corrected chi connectivity index (χ0v) is 7.18. The SMILES string of the molecule is NCC1C2CCS(=O)(=O)CC12. The fourth-order valence-corrected chi connectivity index (χ4v) is 4.12. The van der Waals surface area contributed by atoms with Crippen molar-refractivity contribution in [3.05, 3.63) is 0 Å². The Bertz CT molecular complexity index is 256. The summed E-state index contributed by atoms with van der Waals surface area (Å²) in [6.07, 6.45) is 0.856. The summed E-state index contributed by atoms with van der Waals surface area (Å²) in [5.74, 6) is 2.37. The molecule has 1 aliphatic heterocycles. The smallest absolute Gasteiger partial charge is 0.150 e. The lowest BCUT2D eigenvalue weighted by Crippen LogP contribution is -2.18. The highest BCUT2D eigenvalue weighted by Crippen LogP contribution is 2.51. The molecule has 1 heterocycles. The van der Waals surface area contributed by atoms with Gasteiger partial charge in [0.15, 0.2) is 9.84 Å². The van der Waals surface area contributed by atoms with Crippen molar-refractivity contribution in [3.63, 3.8) is 0 Å². The van der Waals surface area contributed by atoms with E-state index in [0.717, 1.165) is 6.42 Å². The highest BCUT2D eigenvalue weighted by Gasteiger charge is 2.53. The lowest BCUT2D eigenvalue weighted by atomic mass is 10.2. The summed E-state index contributed by atoms with van der Waals surface area (Å²) in [5, 5.41) is 0. The van der Waals surface area contributed by atoms with Gasteiger partial charge in [-0.3, -0.25) is 0 Å². The highest BCUT2D eigenvalue weighted by molar-refractivity contribution is 7.91. The van der Waals surface area contributed by atoms with Crippen molar-refractivity contribution in [1.29, 1.82) is 0 Å². The molecule has 3 nitrogen and oxygen atoms in total. The number of hydrogen-bond acceptors (Lipinski definition) is 3. The van der Waals surface area contributed by atoms with Crippen molar-refractivity contribution < 1.29 is 8.42 Å².